The summed E-state index contributed by atoms with van der Waals surface area (Å²) < 4.78 is 26.3. The molecule has 2 aromatic rings. The molecule has 0 saturated heterocycles. The van der Waals surface area contributed by atoms with Gasteiger partial charge in [-0.05, 0) is 61.4 Å². The predicted octanol–water partition coefficient (Wildman–Crippen LogP) is 4.19. The summed E-state index contributed by atoms with van der Waals surface area (Å²) in [6.07, 6.45) is 4.23. The molecule has 0 aliphatic carbocycles. The minimum atomic E-state index is -0.751. The zero-order chi connectivity index (χ0) is 24.2. The van der Waals surface area contributed by atoms with E-state index in [0.29, 0.717) is 30.3 Å². The molecule has 0 aliphatic heterocycles. The Morgan fingerprint density at radius 1 is 0.909 bits per heavy atom. The van der Waals surface area contributed by atoms with Gasteiger partial charge in [0.25, 0.3) is 0 Å². The molecule has 0 heterocycles. The highest BCUT2D eigenvalue weighted by Gasteiger charge is 2.12. The molecule has 0 aromatic heterocycles. The number of ether oxygens (including phenoxy) is 5. The molecule has 0 unspecified atom stereocenters. The van der Waals surface area contributed by atoms with Crippen LogP contribution in [0, 0.1) is 11.3 Å². The van der Waals surface area contributed by atoms with Crippen LogP contribution in [0.3, 0.4) is 0 Å². The van der Waals surface area contributed by atoms with Crippen LogP contribution in [0.2, 0.25) is 0 Å². The molecule has 0 saturated carbocycles. The van der Waals surface area contributed by atoms with E-state index in [2.05, 4.69) is 4.74 Å². The number of carbonyl (C=O) groups excluding carboxylic acids is 2. The standard InChI is InChI=1S/C25H25NO7/c1-5-31-20-10-7-17(14-23(20)32-6-2)9-12-24(27)33-21-11-8-18(15-22(21)29-3)13-19(16-26)25(28)30-4/h7-15H,5-6H2,1-4H3. The molecular formula is C25H25NO7. The number of nitriles is 1. The Balaban J connectivity index is 2.17. The van der Waals surface area contributed by atoms with Gasteiger partial charge in [-0.25, -0.2) is 9.59 Å². The summed E-state index contributed by atoms with van der Waals surface area (Å²) in [4.78, 5) is 23.9. The number of esters is 2. The van der Waals surface area contributed by atoms with Gasteiger partial charge in [-0.15, -0.1) is 0 Å². The van der Waals surface area contributed by atoms with Crippen molar-refractivity contribution in [3.05, 3.63) is 59.2 Å². The Labute approximate surface area is 192 Å². The van der Waals surface area contributed by atoms with Crippen molar-refractivity contribution in [1.29, 1.82) is 5.26 Å². The van der Waals surface area contributed by atoms with Gasteiger partial charge < -0.3 is 23.7 Å². The van der Waals surface area contributed by atoms with Crippen LogP contribution in [0.1, 0.15) is 25.0 Å². The predicted molar refractivity (Wildman–Crippen MR) is 122 cm³/mol. The number of nitrogens with zero attached hydrogens (tertiary/aromatic N) is 1. The number of carbonyl (C=O) groups is 2. The summed E-state index contributed by atoms with van der Waals surface area (Å²) in [5.41, 5.74) is 1.06. The summed E-state index contributed by atoms with van der Waals surface area (Å²) in [6, 6.07) is 11.7. The van der Waals surface area contributed by atoms with E-state index in [1.165, 1.54) is 38.5 Å². The van der Waals surface area contributed by atoms with Crippen molar-refractivity contribution in [3.63, 3.8) is 0 Å². The molecule has 0 radical (unpaired) electrons. The quantitative estimate of drug-likeness (QED) is 0.229. The summed E-state index contributed by atoms with van der Waals surface area (Å²) in [5.74, 6) is 0.290. The molecule has 0 aliphatic rings. The third-order valence-electron chi connectivity index (χ3n) is 4.21. The topological polar surface area (TPSA) is 104 Å². The summed E-state index contributed by atoms with van der Waals surface area (Å²) in [6.45, 7) is 4.76. The fourth-order valence-electron chi connectivity index (χ4n) is 2.75. The van der Waals surface area contributed by atoms with Crippen LogP contribution in [0.25, 0.3) is 12.2 Å². The largest absolute Gasteiger partial charge is 0.493 e. The van der Waals surface area contributed by atoms with Crippen LogP contribution in [-0.4, -0.2) is 39.4 Å². The third-order valence-corrected chi connectivity index (χ3v) is 4.21. The molecule has 0 spiro atoms. The fraction of sp³-hybridized carbons (Fsp3) is 0.240. The average Bonchev–Trinajstić information content (AvgIpc) is 2.83. The van der Waals surface area contributed by atoms with E-state index >= 15 is 0 Å². The number of hydrogen-bond donors (Lipinski definition) is 0. The lowest BCUT2D eigenvalue weighted by Crippen LogP contribution is -2.05. The molecule has 0 amide bonds. The van der Waals surface area contributed by atoms with Gasteiger partial charge in [-0.3, -0.25) is 0 Å². The van der Waals surface area contributed by atoms with Gasteiger partial charge in [0, 0.05) is 6.08 Å². The Hall–Kier alpha value is -4.25. The van der Waals surface area contributed by atoms with Crippen LogP contribution in [0.5, 0.6) is 23.0 Å². The monoisotopic (exact) mass is 451 g/mol. The van der Waals surface area contributed by atoms with E-state index < -0.39 is 11.9 Å². The molecule has 0 bridgehead atoms. The van der Waals surface area contributed by atoms with Crippen LogP contribution in [-0.2, 0) is 14.3 Å². The molecule has 172 valence electrons. The summed E-state index contributed by atoms with van der Waals surface area (Å²) in [7, 11) is 2.60. The zero-order valence-corrected chi connectivity index (χ0v) is 18.9. The maximum atomic E-state index is 12.3. The van der Waals surface area contributed by atoms with E-state index in [9.17, 15) is 9.59 Å². The van der Waals surface area contributed by atoms with Gasteiger partial charge in [0.15, 0.2) is 23.0 Å². The smallest absolute Gasteiger partial charge is 0.348 e. The highest BCUT2D eigenvalue weighted by Crippen LogP contribution is 2.30. The van der Waals surface area contributed by atoms with Crippen LogP contribution < -0.4 is 18.9 Å². The summed E-state index contributed by atoms with van der Waals surface area (Å²) >= 11 is 0. The van der Waals surface area contributed by atoms with Gasteiger partial charge in [-0.2, -0.15) is 5.26 Å². The number of benzene rings is 2. The van der Waals surface area contributed by atoms with Gasteiger partial charge in [-0.1, -0.05) is 12.1 Å². The lowest BCUT2D eigenvalue weighted by molar-refractivity contribution is -0.135. The van der Waals surface area contributed by atoms with Crippen LogP contribution in [0.4, 0.5) is 0 Å². The van der Waals surface area contributed by atoms with Crippen molar-refractivity contribution in [2.24, 2.45) is 0 Å². The SMILES string of the molecule is CCOc1ccc(C=CC(=O)Oc2ccc(C=C(C#N)C(=O)OC)cc2OC)cc1OCC. The van der Waals surface area contributed by atoms with Crippen molar-refractivity contribution >= 4 is 24.1 Å². The Bertz CT molecular complexity index is 1100. The first-order valence-corrected chi connectivity index (χ1v) is 10.1. The average molecular weight is 451 g/mol. The van der Waals surface area contributed by atoms with Crippen molar-refractivity contribution in [2.45, 2.75) is 13.8 Å². The molecule has 8 nitrogen and oxygen atoms in total. The Kier molecular flexibility index (Phi) is 9.53. The van der Waals surface area contributed by atoms with Crippen molar-refractivity contribution in [1.82, 2.24) is 0 Å². The van der Waals surface area contributed by atoms with E-state index in [0.717, 1.165) is 5.56 Å². The van der Waals surface area contributed by atoms with Crippen LogP contribution in [0.15, 0.2) is 48.0 Å². The normalized spacial score (nSPS) is 10.9. The van der Waals surface area contributed by atoms with Gasteiger partial charge in [0.05, 0.1) is 27.4 Å². The second kappa shape index (κ2) is 12.6. The third kappa shape index (κ3) is 7.14. The second-order valence-electron chi connectivity index (χ2n) is 6.40. The molecule has 0 fully saturated rings. The molecule has 33 heavy (non-hydrogen) atoms. The zero-order valence-electron chi connectivity index (χ0n) is 18.9. The maximum absolute atomic E-state index is 12.3. The van der Waals surface area contributed by atoms with Crippen LogP contribution >= 0.6 is 0 Å². The highest BCUT2D eigenvalue weighted by molar-refractivity contribution is 5.98. The Morgan fingerprint density at radius 3 is 2.18 bits per heavy atom. The van der Waals surface area contributed by atoms with Gasteiger partial charge in [0.1, 0.15) is 11.6 Å². The minimum Gasteiger partial charge on any atom is -0.493 e. The second-order valence-corrected chi connectivity index (χ2v) is 6.40. The Morgan fingerprint density at radius 2 is 1.55 bits per heavy atom. The minimum absolute atomic E-state index is 0.172. The molecule has 8 heteroatoms. The van der Waals surface area contributed by atoms with Crippen molar-refractivity contribution < 1.29 is 33.3 Å². The molecule has 2 rings (SSSR count). The van der Waals surface area contributed by atoms with Gasteiger partial charge in [0.2, 0.25) is 0 Å². The van der Waals surface area contributed by atoms with Gasteiger partial charge >= 0.3 is 11.9 Å². The molecule has 0 atom stereocenters. The summed E-state index contributed by atoms with van der Waals surface area (Å²) in [5, 5.41) is 9.09. The molecule has 0 N–H and O–H groups in total. The van der Waals surface area contributed by atoms with E-state index in [1.54, 1.807) is 36.4 Å². The first-order chi connectivity index (χ1) is 15.9. The van der Waals surface area contributed by atoms with Crippen molar-refractivity contribution in [2.75, 3.05) is 27.4 Å². The maximum Gasteiger partial charge on any atom is 0.348 e. The van der Waals surface area contributed by atoms with Crippen molar-refractivity contribution in [3.8, 4) is 29.1 Å². The first kappa shape index (κ1) is 25.0. The number of hydrogen-bond acceptors (Lipinski definition) is 8. The highest BCUT2D eigenvalue weighted by atomic mass is 16.6. The molecule has 2 aromatic carbocycles. The number of rotatable bonds is 10. The number of methoxy groups -OCH3 is 2. The lowest BCUT2D eigenvalue weighted by Gasteiger charge is -2.11. The molecular weight excluding hydrogens is 426 g/mol. The van der Waals surface area contributed by atoms with E-state index in [-0.39, 0.29) is 17.1 Å². The first-order valence-electron chi connectivity index (χ1n) is 10.1. The van der Waals surface area contributed by atoms with E-state index in [1.807, 2.05) is 13.8 Å². The fourth-order valence-corrected chi connectivity index (χ4v) is 2.75. The lowest BCUT2D eigenvalue weighted by atomic mass is 10.1. The van der Waals surface area contributed by atoms with E-state index in [4.69, 9.17) is 24.2 Å².